The molecule has 0 spiro atoms. The van der Waals surface area contributed by atoms with E-state index in [9.17, 15) is 4.79 Å². The molecule has 164 valence electrons. The maximum Gasteiger partial charge on any atom is 0.311 e. The minimum atomic E-state index is -0.0772. The first kappa shape index (κ1) is 21.2. The van der Waals surface area contributed by atoms with Crippen molar-refractivity contribution in [3.05, 3.63) is 35.4 Å². The number of rotatable bonds is 7. The van der Waals surface area contributed by atoms with E-state index in [1.54, 1.807) is 19.8 Å². The molecule has 1 aromatic rings. The number of hydrogen-bond donors (Lipinski definition) is 1. The molecule has 5 nitrogen and oxygen atoms in total. The third-order valence-electron chi connectivity index (χ3n) is 7.48. The molecule has 4 rings (SSSR count). The monoisotopic (exact) mass is 413 g/mol. The Labute approximate surface area is 180 Å². The molecule has 0 unspecified atom stereocenters. The summed E-state index contributed by atoms with van der Waals surface area (Å²) in [5.74, 6) is 2.22. The van der Waals surface area contributed by atoms with Crippen LogP contribution in [0.25, 0.3) is 0 Å². The second kappa shape index (κ2) is 8.62. The van der Waals surface area contributed by atoms with Crippen molar-refractivity contribution in [2.24, 2.45) is 23.2 Å². The predicted octanol–water partition coefficient (Wildman–Crippen LogP) is 4.15. The Morgan fingerprint density at radius 3 is 2.80 bits per heavy atom. The highest BCUT2D eigenvalue weighted by Crippen LogP contribution is 2.53. The van der Waals surface area contributed by atoms with Crippen molar-refractivity contribution >= 4 is 5.97 Å². The van der Waals surface area contributed by atoms with Crippen molar-refractivity contribution < 1.29 is 19.0 Å². The molecule has 2 aliphatic carbocycles. The highest BCUT2D eigenvalue weighted by Gasteiger charge is 2.51. The molecule has 5 atom stereocenters. The van der Waals surface area contributed by atoms with Gasteiger partial charge in [-0.3, -0.25) is 4.79 Å². The molecule has 2 fully saturated rings. The SMILES string of the molecule is COc1ccc(CCNC[C@H]2C(=O)O[C@@H]3C[C@]4(C)CCC[C@@H](C)C4=C[C@H]32)cc1OC. The van der Waals surface area contributed by atoms with Gasteiger partial charge in [-0.1, -0.05) is 38.0 Å². The third kappa shape index (κ3) is 3.96. The fraction of sp³-hybridized carbons (Fsp3) is 0.640. The third-order valence-corrected chi connectivity index (χ3v) is 7.48. The summed E-state index contributed by atoms with van der Waals surface area (Å²) in [5.41, 5.74) is 2.97. The van der Waals surface area contributed by atoms with Gasteiger partial charge >= 0.3 is 5.97 Å². The maximum absolute atomic E-state index is 12.6. The molecule has 0 radical (unpaired) electrons. The lowest BCUT2D eigenvalue weighted by Crippen LogP contribution is -2.40. The molecule has 0 bridgehead atoms. The highest BCUT2D eigenvalue weighted by molar-refractivity contribution is 5.76. The van der Waals surface area contributed by atoms with E-state index in [-0.39, 0.29) is 29.3 Å². The number of carbonyl (C=O) groups is 1. The Morgan fingerprint density at radius 1 is 1.23 bits per heavy atom. The van der Waals surface area contributed by atoms with Crippen LogP contribution in [-0.2, 0) is 16.0 Å². The standard InChI is InChI=1S/C25H35NO4/c1-16-6-5-10-25(2)14-23-18(13-20(16)25)19(24(27)30-23)15-26-11-9-17-7-8-21(28-3)22(12-17)29-4/h7-8,12-13,16,18-19,23,26H,5-6,9-11,14-15H2,1-4H3/t16-,18+,19-,23-,25+/m1/s1. The van der Waals surface area contributed by atoms with Crippen molar-refractivity contribution in [2.75, 3.05) is 27.3 Å². The van der Waals surface area contributed by atoms with Crippen molar-refractivity contribution in [1.29, 1.82) is 0 Å². The predicted molar refractivity (Wildman–Crippen MR) is 117 cm³/mol. The van der Waals surface area contributed by atoms with Gasteiger partial charge in [0.25, 0.3) is 0 Å². The Morgan fingerprint density at radius 2 is 2.03 bits per heavy atom. The van der Waals surface area contributed by atoms with Gasteiger partial charge < -0.3 is 19.5 Å². The molecule has 1 N–H and O–H groups in total. The van der Waals surface area contributed by atoms with Crippen LogP contribution in [0.5, 0.6) is 11.5 Å². The van der Waals surface area contributed by atoms with Gasteiger partial charge in [-0.2, -0.15) is 0 Å². The summed E-state index contributed by atoms with van der Waals surface area (Å²) in [7, 11) is 3.29. The lowest BCUT2D eigenvalue weighted by molar-refractivity contribution is -0.145. The lowest BCUT2D eigenvalue weighted by atomic mass is 9.59. The number of allylic oxidation sites excluding steroid dienone is 1. The van der Waals surface area contributed by atoms with E-state index in [2.05, 4.69) is 31.3 Å². The average Bonchev–Trinajstić information content (AvgIpc) is 3.03. The molecule has 30 heavy (non-hydrogen) atoms. The summed E-state index contributed by atoms with van der Waals surface area (Å²) in [6.07, 6.45) is 8.09. The molecule has 0 aromatic heterocycles. The minimum absolute atomic E-state index is 0.0321. The van der Waals surface area contributed by atoms with Crippen LogP contribution in [0.3, 0.4) is 0 Å². The molecular weight excluding hydrogens is 378 g/mol. The van der Waals surface area contributed by atoms with Crippen molar-refractivity contribution in [1.82, 2.24) is 5.32 Å². The topological polar surface area (TPSA) is 56.8 Å². The highest BCUT2D eigenvalue weighted by atomic mass is 16.6. The van der Waals surface area contributed by atoms with Gasteiger partial charge in [0.05, 0.1) is 20.1 Å². The van der Waals surface area contributed by atoms with Gasteiger partial charge in [0.1, 0.15) is 6.10 Å². The lowest BCUT2D eigenvalue weighted by Gasteiger charge is -2.46. The van der Waals surface area contributed by atoms with Gasteiger partial charge in [-0.05, 0) is 61.3 Å². The van der Waals surface area contributed by atoms with Gasteiger partial charge in [0.2, 0.25) is 0 Å². The number of methoxy groups -OCH3 is 2. The van der Waals surface area contributed by atoms with Crippen molar-refractivity contribution in [2.45, 2.75) is 52.1 Å². The number of esters is 1. The summed E-state index contributed by atoms with van der Waals surface area (Å²) in [5, 5.41) is 3.50. The number of ether oxygens (including phenoxy) is 3. The zero-order valence-electron chi connectivity index (χ0n) is 18.7. The van der Waals surface area contributed by atoms with Crippen molar-refractivity contribution in [3.63, 3.8) is 0 Å². The number of hydrogen-bond acceptors (Lipinski definition) is 5. The molecule has 1 saturated heterocycles. The number of carbonyl (C=O) groups excluding carboxylic acids is 1. The minimum Gasteiger partial charge on any atom is -0.493 e. The van der Waals surface area contributed by atoms with Crippen LogP contribution in [0.4, 0.5) is 0 Å². The van der Waals surface area contributed by atoms with E-state index < -0.39 is 0 Å². The van der Waals surface area contributed by atoms with E-state index in [4.69, 9.17) is 14.2 Å². The zero-order valence-corrected chi connectivity index (χ0v) is 18.7. The summed E-state index contributed by atoms with van der Waals surface area (Å²) in [6, 6.07) is 6.00. The van der Waals surface area contributed by atoms with Crippen LogP contribution in [0.15, 0.2) is 29.8 Å². The first-order valence-electron chi connectivity index (χ1n) is 11.3. The summed E-state index contributed by atoms with van der Waals surface area (Å²) >= 11 is 0. The van der Waals surface area contributed by atoms with Gasteiger partial charge in [-0.15, -0.1) is 0 Å². The van der Waals surface area contributed by atoms with Crippen LogP contribution in [-0.4, -0.2) is 39.4 Å². The summed E-state index contributed by atoms with van der Waals surface area (Å²) in [6.45, 7) is 6.19. The fourth-order valence-corrected chi connectivity index (χ4v) is 5.81. The number of nitrogens with one attached hydrogen (secondary N) is 1. The quantitative estimate of drug-likeness (QED) is 0.413. The Balaban J connectivity index is 1.36. The molecule has 1 heterocycles. The van der Waals surface area contributed by atoms with Gasteiger partial charge in [0, 0.05) is 12.5 Å². The normalized spacial score (nSPS) is 32.7. The molecule has 1 saturated carbocycles. The average molecular weight is 414 g/mol. The molecule has 3 aliphatic rings. The summed E-state index contributed by atoms with van der Waals surface area (Å²) < 4.78 is 16.5. The second-order valence-electron chi connectivity index (χ2n) is 9.48. The van der Waals surface area contributed by atoms with E-state index in [1.165, 1.54) is 24.8 Å². The first-order chi connectivity index (χ1) is 14.4. The second-order valence-corrected chi connectivity index (χ2v) is 9.48. The molecule has 1 aliphatic heterocycles. The van der Waals surface area contributed by atoms with Crippen LogP contribution in [0.2, 0.25) is 0 Å². The first-order valence-corrected chi connectivity index (χ1v) is 11.3. The molecule has 0 amide bonds. The Bertz CT molecular complexity index is 819. The van der Waals surface area contributed by atoms with Gasteiger partial charge in [0.15, 0.2) is 11.5 Å². The molecule has 1 aromatic carbocycles. The smallest absolute Gasteiger partial charge is 0.311 e. The van der Waals surface area contributed by atoms with Crippen molar-refractivity contribution in [3.8, 4) is 11.5 Å². The van der Waals surface area contributed by atoms with E-state index >= 15 is 0 Å². The Hall–Kier alpha value is -2.01. The van der Waals surface area contributed by atoms with Crippen LogP contribution >= 0.6 is 0 Å². The van der Waals surface area contributed by atoms with E-state index in [0.717, 1.165) is 30.9 Å². The zero-order chi connectivity index (χ0) is 21.3. The summed E-state index contributed by atoms with van der Waals surface area (Å²) in [4.78, 5) is 12.6. The van der Waals surface area contributed by atoms with Crippen LogP contribution in [0.1, 0.15) is 45.1 Å². The number of fused-ring (bicyclic) bond motifs is 2. The van der Waals surface area contributed by atoms with E-state index in [1.807, 2.05) is 12.1 Å². The van der Waals surface area contributed by atoms with Crippen LogP contribution in [0, 0.1) is 23.2 Å². The Kier molecular flexibility index (Phi) is 6.10. The van der Waals surface area contributed by atoms with E-state index in [0.29, 0.717) is 12.5 Å². The van der Waals surface area contributed by atoms with Gasteiger partial charge in [-0.25, -0.2) is 0 Å². The largest absolute Gasteiger partial charge is 0.493 e. The molecular formula is C25H35NO4. The fourth-order valence-electron chi connectivity index (χ4n) is 5.81. The maximum atomic E-state index is 12.6. The van der Waals surface area contributed by atoms with Crippen LogP contribution < -0.4 is 14.8 Å². The number of benzene rings is 1. The molecule has 5 heteroatoms.